The van der Waals surface area contributed by atoms with Crippen molar-refractivity contribution in [2.45, 2.75) is 31.2 Å². The molecule has 2 saturated heterocycles. The summed E-state index contributed by atoms with van der Waals surface area (Å²) in [6.45, 7) is 9.12. The van der Waals surface area contributed by atoms with Crippen LogP contribution in [0.1, 0.15) is 35.5 Å². The van der Waals surface area contributed by atoms with Crippen LogP contribution < -0.4 is 4.90 Å². The summed E-state index contributed by atoms with van der Waals surface area (Å²) in [5, 5.41) is 0.757. The number of benzene rings is 1. The van der Waals surface area contributed by atoms with E-state index in [1.807, 2.05) is 29.2 Å². The lowest BCUT2D eigenvalue weighted by Gasteiger charge is -2.34. The Morgan fingerprint density at radius 1 is 1.00 bits per heavy atom. The molecule has 176 valence electrons. The summed E-state index contributed by atoms with van der Waals surface area (Å²) in [6.07, 6.45) is 0.855. The van der Waals surface area contributed by atoms with E-state index in [9.17, 15) is 9.59 Å². The van der Waals surface area contributed by atoms with E-state index in [-0.39, 0.29) is 11.8 Å². The first kappa shape index (κ1) is 23.5. The maximum Gasteiger partial charge on any atom is 0.253 e. The Labute approximate surface area is 199 Å². The highest BCUT2D eigenvalue weighted by Crippen LogP contribution is 2.24. The number of amides is 2. The lowest BCUT2D eigenvalue weighted by molar-refractivity contribution is -0.130. The highest BCUT2D eigenvalue weighted by Gasteiger charge is 2.23. The van der Waals surface area contributed by atoms with E-state index in [0.717, 1.165) is 55.0 Å². The molecule has 2 fully saturated rings. The molecule has 1 aromatic carbocycles. The number of thioether (sulfide) groups is 1. The molecule has 9 heteroatoms. The third-order valence-electron chi connectivity index (χ3n) is 6.00. The van der Waals surface area contributed by atoms with Crippen molar-refractivity contribution in [2.24, 2.45) is 0 Å². The molecule has 0 N–H and O–H groups in total. The van der Waals surface area contributed by atoms with Gasteiger partial charge in [0.25, 0.3) is 5.91 Å². The van der Waals surface area contributed by atoms with Gasteiger partial charge >= 0.3 is 0 Å². The minimum Gasteiger partial charge on any atom is -0.378 e. The van der Waals surface area contributed by atoms with Crippen molar-refractivity contribution in [1.82, 2.24) is 19.8 Å². The molecule has 2 aromatic rings. The predicted octanol–water partition coefficient (Wildman–Crippen LogP) is 2.47. The van der Waals surface area contributed by atoms with Crippen LogP contribution in [0.3, 0.4) is 0 Å². The van der Waals surface area contributed by atoms with Crippen LogP contribution in [0.2, 0.25) is 0 Å². The number of hydrogen-bond donors (Lipinski definition) is 0. The van der Waals surface area contributed by atoms with Crippen LogP contribution in [-0.2, 0) is 21.7 Å². The van der Waals surface area contributed by atoms with Gasteiger partial charge in [-0.1, -0.05) is 30.8 Å². The highest BCUT2D eigenvalue weighted by atomic mass is 32.2. The lowest BCUT2D eigenvalue weighted by atomic mass is 10.1. The fraction of sp³-hybridized carbons (Fsp3) is 0.500. The van der Waals surface area contributed by atoms with Gasteiger partial charge in [-0.25, -0.2) is 9.97 Å². The predicted molar refractivity (Wildman–Crippen MR) is 129 cm³/mol. The number of ether oxygens (including phenoxy) is 1. The number of hydrogen-bond acceptors (Lipinski definition) is 7. The van der Waals surface area contributed by atoms with Crippen LogP contribution in [0.4, 0.5) is 5.82 Å². The van der Waals surface area contributed by atoms with Gasteiger partial charge in [-0.2, -0.15) is 0 Å². The Balaban J connectivity index is 1.40. The van der Waals surface area contributed by atoms with Gasteiger partial charge in [0.1, 0.15) is 5.82 Å². The van der Waals surface area contributed by atoms with E-state index in [1.165, 1.54) is 0 Å². The van der Waals surface area contributed by atoms with Gasteiger partial charge in [0.15, 0.2) is 5.16 Å². The molecule has 8 nitrogen and oxygen atoms in total. The van der Waals surface area contributed by atoms with E-state index in [0.29, 0.717) is 37.5 Å². The van der Waals surface area contributed by atoms with Crippen molar-refractivity contribution in [2.75, 3.05) is 57.4 Å². The second-order valence-electron chi connectivity index (χ2n) is 8.24. The minimum absolute atomic E-state index is 0.0175. The molecule has 3 heterocycles. The highest BCUT2D eigenvalue weighted by molar-refractivity contribution is 7.98. The molecule has 4 rings (SSSR count). The first-order chi connectivity index (χ1) is 16.0. The average molecular weight is 470 g/mol. The topological polar surface area (TPSA) is 78.9 Å². The summed E-state index contributed by atoms with van der Waals surface area (Å²) < 4.78 is 5.46. The second kappa shape index (κ2) is 11.0. The van der Waals surface area contributed by atoms with Gasteiger partial charge in [-0.15, -0.1) is 0 Å². The van der Waals surface area contributed by atoms with Crippen molar-refractivity contribution in [1.29, 1.82) is 0 Å². The maximum absolute atomic E-state index is 13.0. The molecule has 1 aromatic heterocycles. The van der Waals surface area contributed by atoms with Gasteiger partial charge in [0, 0.05) is 69.3 Å². The number of carbonyl (C=O) groups excluding carboxylic acids is 2. The zero-order valence-corrected chi connectivity index (χ0v) is 20.1. The SMILES string of the molecule is CCc1cc(N2CCOCC2)nc(SCc2cccc(C(=O)N3CCN(C(C)=O)CC3)c2)n1. The van der Waals surface area contributed by atoms with Crippen LogP contribution in [0, 0.1) is 0 Å². The van der Waals surface area contributed by atoms with E-state index in [2.05, 4.69) is 17.9 Å². The summed E-state index contributed by atoms with van der Waals surface area (Å²) >= 11 is 1.59. The van der Waals surface area contributed by atoms with Gasteiger partial charge in [-0.05, 0) is 24.1 Å². The molecule has 0 aliphatic carbocycles. The van der Waals surface area contributed by atoms with E-state index in [4.69, 9.17) is 14.7 Å². The first-order valence-corrected chi connectivity index (χ1v) is 12.5. The van der Waals surface area contributed by atoms with Crippen molar-refractivity contribution in [3.63, 3.8) is 0 Å². The van der Waals surface area contributed by atoms with Crippen molar-refractivity contribution < 1.29 is 14.3 Å². The molecule has 0 saturated carbocycles. The summed E-state index contributed by atoms with van der Waals surface area (Å²) in [7, 11) is 0. The van der Waals surface area contributed by atoms with Crippen LogP contribution in [0.5, 0.6) is 0 Å². The average Bonchev–Trinajstić information content (AvgIpc) is 2.87. The largest absolute Gasteiger partial charge is 0.378 e. The van der Waals surface area contributed by atoms with Crippen LogP contribution in [0.25, 0.3) is 0 Å². The molecule has 2 aliphatic heterocycles. The maximum atomic E-state index is 13.0. The zero-order valence-electron chi connectivity index (χ0n) is 19.3. The molecule has 0 spiro atoms. The quantitative estimate of drug-likeness (QED) is 0.475. The number of piperazine rings is 1. The molecule has 0 atom stereocenters. The van der Waals surface area contributed by atoms with Gasteiger partial charge < -0.3 is 19.4 Å². The minimum atomic E-state index is 0.0175. The molecule has 0 bridgehead atoms. The molecule has 33 heavy (non-hydrogen) atoms. The van der Waals surface area contributed by atoms with Gasteiger partial charge in [-0.3, -0.25) is 9.59 Å². The monoisotopic (exact) mass is 469 g/mol. The third kappa shape index (κ3) is 6.03. The van der Waals surface area contributed by atoms with E-state index < -0.39 is 0 Å². The van der Waals surface area contributed by atoms with Crippen LogP contribution >= 0.6 is 11.8 Å². The van der Waals surface area contributed by atoms with Crippen LogP contribution in [-0.4, -0.2) is 84.1 Å². The van der Waals surface area contributed by atoms with Crippen molar-refractivity contribution in [3.05, 3.63) is 47.2 Å². The number of aromatic nitrogens is 2. The number of nitrogens with zero attached hydrogens (tertiary/aromatic N) is 5. The fourth-order valence-electron chi connectivity index (χ4n) is 4.01. The zero-order chi connectivity index (χ0) is 23.2. The van der Waals surface area contributed by atoms with Crippen molar-refractivity contribution >= 4 is 29.4 Å². The molecular weight excluding hydrogens is 438 g/mol. The number of rotatable bonds is 6. The number of morpholine rings is 1. The number of carbonyl (C=O) groups is 2. The van der Waals surface area contributed by atoms with Gasteiger partial charge in [0.05, 0.1) is 13.2 Å². The lowest BCUT2D eigenvalue weighted by Crippen LogP contribution is -2.50. The fourth-order valence-corrected chi connectivity index (χ4v) is 4.82. The molecular formula is C24H31N5O3S. The Hall–Kier alpha value is -2.65. The Morgan fingerprint density at radius 2 is 1.73 bits per heavy atom. The summed E-state index contributed by atoms with van der Waals surface area (Å²) in [6, 6.07) is 9.85. The second-order valence-corrected chi connectivity index (χ2v) is 9.18. The molecule has 2 aliphatic rings. The van der Waals surface area contributed by atoms with Crippen LogP contribution in [0.15, 0.2) is 35.5 Å². The molecule has 0 radical (unpaired) electrons. The Bertz CT molecular complexity index is 988. The van der Waals surface area contributed by atoms with Crippen molar-refractivity contribution in [3.8, 4) is 0 Å². The summed E-state index contributed by atoms with van der Waals surface area (Å²) in [5.41, 5.74) is 2.77. The first-order valence-electron chi connectivity index (χ1n) is 11.5. The summed E-state index contributed by atoms with van der Waals surface area (Å²) in [5.74, 6) is 1.73. The molecule has 2 amide bonds. The van der Waals surface area contributed by atoms with E-state index in [1.54, 1.807) is 23.6 Å². The van der Waals surface area contributed by atoms with Gasteiger partial charge in [0.2, 0.25) is 5.91 Å². The summed E-state index contributed by atoms with van der Waals surface area (Å²) in [4.78, 5) is 39.9. The smallest absolute Gasteiger partial charge is 0.253 e. The normalized spacial score (nSPS) is 16.7. The molecule has 0 unspecified atom stereocenters. The Kier molecular flexibility index (Phi) is 7.82. The number of anilines is 1. The Morgan fingerprint density at radius 3 is 2.42 bits per heavy atom. The number of aryl methyl sites for hydroxylation is 1. The van der Waals surface area contributed by atoms with E-state index >= 15 is 0 Å². The standard InChI is InChI=1S/C24H31N5O3S/c1-3-21-16-22(28-11-13-32-14-12-28)26-24(25-21)33-17-19-5-4-6-20(15-19)23(31)29-9-7-27(8-10-29)18(2)30/h4-6,15-16H,3,7-14,17H2,1-2H3. The third-order valence-corrected chi connectivity index (χ3v) is 6.91.